The van der Waals surface area contributed by atoms with Crippen LogP contribution in [0.15, 0.2) is 36.4 Å². The van der Waals surface area contributed by atoms with E-state index in [0.717, 1.165) is 5.56 Å². The second-order valence-electron chi connectivity index (χ2n) is 4.11. The molecule has 0 spiro atoms. The van der Waals surface area contributed by atoms with Crippen molar-refractivity contribution in [1.29, 1.82) is 5.26 Å². The van der Waals surface area contributed by atoms with Gasteiger partial charge < -0.3 is 15.2 Å². The minimum atomic E-state index is 0.297. The van der Waals surface area contributed by atoms with Crippen LogP contribution in [0.5, 0.6) is 11.5 Å². The van der Waals surface area contributed by atoms with Crippen molar-refractivity contribution in [1.82, 2.24) is 0 Å². The van der Waals surface area contributed by atoms with Gasteiger partial charge in [-0.15, -0.1) is 0 Å². The van der Waals surface area contributed by atoms with Crippen molar-refractivity contribution >= 4 is 17.3 Å². The van der Waals surface area contributed by atoms with Gasteiger partial charge in [0.15, 0.2) is 11.5 Å². The van der Waals surface area contributed by atoms with Crippen LogP contribution in [0.3, 0.4) is 0 Å². The summed E-state index contributed by atoms with van der Waals surface area (Å²) in [6.45, 7) is 0.297. The maximum Gasteiger partial charge on any atom is 0.162 e. The molecule has 0 fully saturated rings. The van der Waals surface area contributed by atoms with E-state index >= 15 is 0 Å². The van der Waals surface area contributed by atoms with E-state index in [1.165, 1.54) is 7.11 Å². The maximum atomic E-state index is 8.84. The Morgan fingerprint density at radius 3 is 2.65 bits per heavy atom. The molecule has 2 rings (SSSR count). The third-order valence-electron chi connectivity index (χ3n) is 2.78. The monoisotopic (exact) mass is 288 g/mol. The van der Waals surface area contributed by atoms with Gasteiger partial charge in [0, 0.05) is 22.3 Å². The molecule has 0 unspecified atom stereocenters. The maximum absolute atomic E-state index is 8.84. The molecule has 0 aliphatic heterocycles. The normalized spacial score (nSPS) is 9.85. The van der Waals surface area contributed by atoms with Crippen molar-refractivity contribution in [2.45, 2.75) is 6.61 Å². The third kappa shape index (κ3) is 3.14. The van der Waals surface area contributed by atoms with E-state index in [-0.39, 0.29) is 0 Å². The second kappa shape index (κ2) is 6.18. The molecule has 0 aliphatic carbocycles. The number of ether oxygens (including phenoxy) is 2. The van der Waals surface area contributed by atoms with Gasteiger partial charge >= 0.3 is 0 Å². The molecule has 0 saturated carbocycles. The molecule has 0 saturated heterocycles. The topological polar surface area (TPSA) is 68.3 Å². The molecule has 0 radical (unpaired) electrons. The van der Waals surface area contributed by atoms with Crippen LogP contribution >= 0.6 is 11.6 Å². The van der Waals surface area contributed by atoms with Gasteiger partial charge in [0.2, 0.25) is 0 Å². The highest BCUT2D eigenvalue weighted by atomic mass is 35.5. The van der Waals surface area contributed by atoms with Crippen molar-refractivity contribution in [3.8, 4) is 17.6 Å². The highest BCUT2D eigenvalue weighted by Crippen LogP contribution is 2.29. The first-order valence-electron chi connectivity index (χ1n) is 5.89. The molecule has 2 N–H and O–H groups in total. The van der Waals surface area contributed by atoms with Gasteiger partial charge in [-0.1, -0.05) is 17.7 Å². The fourth-order valence-electron chi connectivity index (χ4n) is 1.71. The predicted octanol–water partition coefficient (Wildman–Crippen LogP) is 3.38. The van der Waals surface area contributed by atoms with Crippen LogP contribution < -0.4 is 15.2 Å². The zero-order valence-corrected chi connectivity index (χ0v) is 11.6. The Morgan fingerprint density at radius 1 is 1.20 bits per heavy atom. The SMILES string of the molecule is COc1cc(C#N)ccc1OCc1ccc(Cl)cc1N. The minimum absolute atomic E-state index is 0.297. The standard InChI is InChI=1S/C15H13ClN2O2/c1-19-15-6-10(8-17)2-5-14(15)20-9-11-3-4-12(16)7-13(11)18/h2-7H,9,18H2,1H3. The summed E-state index contributed by atoms with van der Waals surface area (Å²) in [6.07, 6.45) is 0. The molecule has 0 amide bonds. The number of methoxy groups -OCH3 is 1. The molecule has 4 nitrogen and oxygen atoms in total. The van der Waals surface area contributed by atoms with Gasteiger partial charge in [-0.05, 0) is 24.3 Å². The minimum Gasteiger partial charge on any atom is -0.493 e. The number of anilines is 1. The molecule has 2 aromatic rings. The van der Waals surface area contributed by atoms with Crippen molar-refractivity contribution in [2.75, 3.05) is 12.8 Å². The summed E-state index contributed by atoms with van der Waals surface area (Å²) < 4.78 is 10.9. The fourth-order valence-corrected chi connectivity index (χ4v) is 1.89. The lowest BCUT2D eigenvalue weighted by atomic mass is 10.2. The number of hydrogen-bond acceptors (Lipinski definition) is 4. The summed E-state index contributed by atoms with van der Waals surface area (Å²) in [5, 5.41) is 9.43. The highest BCUT2D eigenvalue weighted by Gasteiger charge is 2.07. The molecule has 102 valence electrons. The number of rotatable bonds is 4. The number of nitriles is 1. The zero-order valence-electron chi connectivity index (χ0n) is 10.9. The fraction of sp³-hybridized carbons (Fsp3) is 0.133. The largest absolute Gasteiger partial charge is 0.493 e. The number of halogens is 1. The van der Waals surface area contributed by atoms with Gasteiger partial charge in [-0.2, -0.15) is 5.26 Å². The predicted molar refractivity (Wildman–Crippen MR) is 77.9 cm³/mol. The number of hydrogen-bond donors (Lipinski definition) is 1. The lowest BCUT2D eigenvalue weighted by Crippen LogP contribution is -2.01. The quantitative estimate of drug-likeness (QED) is 0.876. The Hall–Kier alpha value is -2.38. The Labute approximate surface area is 122 Å². The molecule has 0 aromatic heterocycles. The van der Waals surface area contributed by atoms with Crippen molar-refractivity contribution in [2.24, 2.45) is 0 Å². The summed E-state index contributed by atoms with van der Waals surface area (Å²) in [6, 6.07) is 12.3. The first-order chi connectivity index (χ1) is 9.63. The first kappa shape index (κ1) is 14.0. The van der Waals surface area contributed by atoms with Gasteiger partial charge in [-0.3, -0.25) is 0 Å². The average molecular weight is 289 g/mol. The molecule has 0 aliphatic rings. The van der Waals surface area contributed by atoms with Crippen LogP contribution in [0.2, 0.25) is 5.02 Å². The number of nitrogens with two attached hydrogens (primary N) is 1. The third-order valence-corrected chi connectivity index (χ3v) is 3.02. The van der Waals surface area contributed by atoms with E-state index in [4.69, 9.17) is 32.1 Å². The molecule has 5 heteroatoms. The summed E-state index contributed by atoms with van der Waals surface area (Å²) in [5.74, 6) is 1.07. The molecular formula is C15H13ClN2O2. The molecule has 2 aromatic carbocycles. The molecule has 0 heterocycles. The summed E-state index contributed by atoms with van der Waals surface area (Å²) in [7, 11) is 1.53. The van der Waals surface area contributed by atoms with Crippen molar-refractivity contribution < 1.29 is 9.47 Å². The van der Waals surface area contributed by atoms with Crippen LogP contribution in [-0.4, -0.2) is 7.11 Å². The van der Waals surface area contributed by atoms with Crippen molar-refractivity contribution in [3.05, 3.63) is 52.5 Å². The average Bonchev–Trinajstić information content (AvgIpc) is 2.46. The first-order valence-corrected chi connectivity index (χ1v) is 6.26. The Kier molecular flexibility index (Phi) is 4.34. The summed E-state index contributed by atoms with van der Waals surface area (Å²) in [4.78, 5) is 0. The molecule has 20 heavy (non-hydrogen) atoms. The van der Waals surface area contributed by atoms with Crippen LogP contribution in [0, 0.1) is 11.3 Å². The number of nitrogen functional groups attached to an aromatic ring is 1. The van der Waals surface area contributed by atoms with E-state index in [1.807, 2.05) is 12.1 Å². The highest BCUT2D eigenvalue weighted by molar-refractivity contribution is 6.30. The molecular weight excluding hydrogens is 276 g/mol. The number of benzene rings is 2. The van der Waals surface area contributed by atoms with Crippen molar-refractivity contribution in [3.63, 3.8) is 0 Å². The smallest absolute Gasteiger partial charge is 0.162 e. The molecule has 0 atom stereocenters. The van der Waals surface area contributed by atoms with E-state index < -0.39 is 0 Å². The lowest BCUT2D eigenvalue weighted by molar-refractivity contribution is 0.285. The Balaban J connectivity index is 2.16. The summed E-state index contributed by atoms with van der Waals surface area (Å²) in [5.41, 5.74) is 7.79. The van der Waals surface area contributed by atoms with E-state index in [9.17, 15) is 0 Å². The van der Waals surface area contributed by atoms with Crippen LogP contribution in [0.25, 0.3) is 0 Å². The van der Waals surface area contributed by atoms with Crippen LogP contribution in [-0.2, 0) is 6.61 Å². The van der Waals surface area contributed by atoms with Gasteiger partial charge in [0.05, 0.1) is 18.7 Å². The van der Waals surface area contributed by atoms with E-state index in [0.29, 0.717) is 34.4 Å². The van der Waals surface area contributed by atoms with E-state index in [1.54, 1.807) is 30.3 Å². The Morgan fingerprint density at radius 2 is 2.00 bits per heavy atom. The van der Waals surface area contributed by atoms with Crippen LogP contribution in [0.4, 0.5) is 5.69 Å². The number of nitrogens with zero attached hydrogens (tertiary/aromatic N) is 1. The Bertz CT molecular complexity index is 665. The van der Waals surface area contributed by atoms with Gasteiger partial charge in [0.25, 0.3) is 0 Å². The molecule has 0 bridgehead atoms. The lowest BCUT2D eigenvalue weighted by Gasteiger charge is -2.12. The summed E-state index contributed by atoms with van der Waals surface area (Å²) >= 11 is 5.84. The van der Waals surface area contributed by atoms with Gasteiger partial charge in [-0.25, -0.2) is 0 Å². The van der Waals surface area contributed by atoms with E-state index in [2.05, 4.69) is 0 Å². The van der Waals surface area contributed by atoms with Gasteiger partial charge in [0.1, 0.15) is 6.61 Å². The van der Waals surface area contributed by atoms with Crippen LogP contribution in [0.1, 0.15) is 11.1 Å². The zero-order chi connectivity index (χ0) is 14.5. The second-order valence-corrected chi connectivity index (χ2v) is 4.55.